The Balaban J connectivity index is 0.00000120. The molecular weight excluding hydrogens is 278 g/mol. The summed E-state index contributed by atoms with van der Waals surface area (Å²) in [7, 11) is 0. The quantitative estimate of drug-likeness (QED) is 0.789. The van der Waals surface area contributed by atoms with E-state index >= 15 is 0 Å². The van der Waals surface area contributed by atoms with E-state index in [0.717, 1.165) is 37.1 Å². The molecule has 0 N–H and O–H groups in total. The molecule has 0 saturated carbocycles. The van der Waals surface area contributed by atoms with Gasteiger partial charge in [0.05, 0.1) is 4.70 Å². The van der Waals surface area contributed by atoms with Gasteiger partial charge in [-0.2, -0.15) is 0 Å². The van der Waals surface area contributed by atoms with Crippen molar-refractivity contribution in [2.24, 2.45) is 0 Å². The minimum atomic E-state index is -0.570. The van der Waals surface area contributed by atoms with E-state index in [-0.39, 0.29) is 17.9 Å². The molecule has 1 aliphatic heterocycles. The van der Waals surface area contributed by atoms with Crippen LogP contribution >= 0.6 is 23.7 Å². The van der Waals surface area contributed by atoms with E-state index < -0.39 is 11.6 Å². The minimum Gasteiger partial charge on any atom is -0.348 e. The number of nitrogens with zero attached hydrogens (tertiary/aromatic N) is 2. The van der Waals surface area contributed by atoms with Crippen molar-refractivity contribution in [3.05, 3.63) is 23.8 Å². The summed E-state index contributed by atoms with van der Waals surface area (Å²) in [6.07, 6.45) is 3.53. The standard InChI is InChI=1S/C12H12F2N2S.ClH/c13-8-6-9(14)11-10(7-8)17-12(15-11)16-4-2-1-3-5-16;/h6-7H,1-5H2;1H. The van der Waals surface area contributed by atoms with Gasteiger partial charge in [0.2, 0.25) is 0 Å². The lowest BCUT2D eigenvalue weighted by atomic mass is 10.1. The fraction of sp³-hybridized carbons (Fsp3) is 0.417. The summed E-state index contributed by atoms with van der Waals surface area (Å²) in [5, 5.41) is 0.809. The molecule has 1 fully saturated rings. The van der Waals surface area contributed by atoms with E-state index in [2.05, 4.69) is 9.88 Å². The third-order valence-corrected chi connectivity index (χ3v) is 4.09. The van der Waals surface area contributed by atoms with Crippen molar-refractivity contribution in [2.45, 2.75) is 19.3 Å². The molecule has 0 unspecified atom stereocenters. The van der Waals surface area contributed by atoms with E-state index in [1.54, 1.807) is 0 Å². The van der Waals surface area contributed by atoms with E-state index in [4.69, 9.17) is 0 Å². The van der Waals surface area contributed by atoms with Crippen LogP contribution in [0.2, 0.25) is 0 Å². The Bertz CT molecular complexity index is 552. The second kappa shape index (κ2) is 5.36. The third-order valence-electron chi connectivity index (χ3n) is 3.03. The number of anilines is 1. The van der Waals surface area contributed by atoms with Crippen molar-refractivity contribution in [3.63, 3.8) is 0 Å². The van der Waals surface area contributed by atoms with Gasteiger partial charge in [-0.1, -0.05) is 11.3 Å². The van der Waals surface area contributed by atoms with Crippen molar-refractivity contribution >= 4 is 39.1 Å². The Kier molecular flexibility index (Phi) is 4.02. The van der Waals surface area contributed by atoms with E-state index in [1.165, 1.54) is 23.8 Å². The number of hydrogen-bond donors (Lipinski definition) is 0. The van der Waals surface area contributed by atoms with Crippen LogP contribution in [0.15, 0.2) is 12.1 Å². The number of hydrogen-bond acceptors (Lipinski definition) is 3. The van der Waals surface area contributed by atoms with Gasteiger partial charge >= 0.3 is 0 Å². The lowest BCUT2D eigenvalue weighted by Crippen LogP contribution is -2.29. The van der Waals surface area contributed by atoms with Gasteiger partial charge in [-0.25, -0.2) is 13.8 Å². The molecule has 0 bridgehead atoms. The SMILES string of the molecule is Cl.Fc1cc(F)c2nc(N3CCCCC3)sc2c1. The zero-order chi connectivity index (χ0) is 11.8. The van der Waals surface area contributed by atoms with Crippen molar-refractivity contribution in [2.75, 3.05) is 18.0 Å². The Morgan fingerprint density at radius 3 is 2.56 bits per heavy atom. The fourth-order valence-electron chi connectivity index (χ4n) is 2.17. The van der Waals surface area contributed by atoms with Gasteiger partial charge in [0, 0.05) is 19.2 Å². The molecule has 1 aliphatic rings. The molecule has 6 heteroatoms. The molecule has 3 rings (SSSR count). The highest BCUT2D eigenvalue weighted by Gasteiger charge is 2.17. The van der Waals surface area contributed by atoms with Crippen LogP contribution in [-0.4, -0.2) is 18.1 Å². The number of piperidine rings is 1. The zero-order valence-electron chi connectivity index (χ0n) is 9.66. The average molecular weight is 291 g/mol. The van der Waals surface area contributed by atoms with Crippen LogP contribution in [0.3, 0.4) is 0 Å². The Hall–Kier alpha value is -0.940. The molecule has 1 aromatic carbocycles. The highest BCUT2D eigenvalue weighted by atomic mass is 35.5. The normalized spacial score (nSPS) is 15.8. The summed E-state index contributed by atoms with van der Waals surface area (Å²) in [5.74, 6) is -1.11. The molecule has 0 atom stereocenters. The maximum absolute atomic E-state index is 13.5. The summed E-state index contributed by atoms with van der Waals surface area (Å²) >= 11 is 1.37. The molecule has 1 saturated heterocycles. The first-order chi connectivity index (χ1) is 8.24. The molecule has 98 valence electrons. The average Bonchev–Trinajstić information content (AvgIpc) is 2.74. The lowest BCUT2D eigenvalue weighted by molar-refractivity contribution is 0.576. The van der Waals surface area contributed by atoms with E-state index in [0.29, 0.717) is 4.70 Å². The first kappa shape index (κ1) is 13.5. The predicted molar refractivity (Wildman–Crippen MR) is 72.8 cm³/mol. The monoisotopic (exact) mass is 290 g/mol. The zero-order valence-corrected chi connectivity index (χ0v) is 11.3. The molecular formula is C12H13ClF2N2S. The second-order valence-electron chi connectivity index (χ2n) is 4.28. The lowest BCUT2D eigenvalue weighted by Gasteiger charge is -2.25. The van der Waals surface area contributed by atoms with Gasteiger partial charge in [0.1, 0.15) is 11.3 Å². The molecule has 0 aliphatic carbocycles. The van der Waals surface area contributed by atoms with Gasteiger partial charge in [0.25, 0.3) is 0 Å². The Morgan fingerprint density at radius 2 is 1.83 bits per heavy atom. The van der Waals surface area contributed by atoms with Gasteiger partial charge in [0.15, 0.2) is 10.9 Å². The molecule has 1 aromatic heterocycles. The van der Waals surface area contributed by atoms with Crippen LogP contribution in [0.25, 0.3) is 10.2 Å². The summed E-state index contributed by atoms with van der Waals surface area (Å²) in [5.41, 5.74) is 0.289. The Morgan fingerprint density at radius 1 is 1.11 bits per heavy atom. The van der Waals surface area contributed by atoms with Crippen LogP contribution in [0.5, 0.6) is 0 Å². The number of aromatic nitrogens is 1. The van der Waals surface area contributed by atoms with E-state index in [9.17, 15) is 8.78 Å². The van der Waals surface area contributed by atoms with Crippen molar-refractivity contribution in [3.8, 4) is 0 Å². The molecule has 2 nitrogen and oxygen atoms in total. The first-order valence-corrected chi connectivity index (χ1v) is 6.56. The van der Waals surface area contributed by atoms with Gasteiger partial charge in [-0.3, -0.25) is 0 Å². The molecule has 2 heterocycles. The number of halogens is 3. The second-order valence-corrected chi connectivity index (χ2v) is 5.29. The minimum absolute atomic E-state index is 0. The number of rotatable bonds is 1. The summed E-state index contributed by atoms with van der Waals surface area (Å²) in [4.78, 5) is 6.44. The highest BCUT2D eigenvalue weighted by Crippen LogP contribution is 2.32. The van der Waals surface area contributed by atoms with Crippen molar-refractivity contribution in [1.29, 1.82) is 0 Å². The molecule has 18 heavy (non-hydrogen) atoms. The number of thiazole rings is 1. The summed E-state index contributed by atoms with van der Waals surface area (Å²) in [6, 6.07) is 2.24. The molecule has 0 radical (unpaired) electrons. The molecule has 2 aromatic rings. The maximum atomic E-state index is 13.5. The predicted octanol–water partition coefficient (Wildman–Crippen LogP) is 3.99. The number of benzene rings is 1. The smallest absolute Gasteiger partial charge is 0.186 e. The largest absolute Gasteiger partial charge is 0.348 e. The van der Waals surface area contributed by atoms with Crippen LogP contribution in [0.4, 0.5) is 13.9 Å². The first-order valence-electron chi connectivity index (χ1n) is 5.74. The van der Waals surface area contributed by atoms with Crippen LogP contribution in [0, 0.1) is 11.6 Å². The van der Waals surface area contributed by atoms with Gasteiger partial charge < -0.3 is 4.90 Å². The summed E-state index contributed by atoms with van der Waals surface area (Å²) in [6.45, 7) is 1.92. The van der Waals surface area contributed by atoms with Crippen LogP contribution in [0.1, 0.15) is 19.3 Å². The fourth-order valence-corrected chi connectivity index (χ4v) is 3.22. The van der Waals surface area contributed by atoms with Gasteiger partial charge in [-0.05, 0) is 25.3 Å². The maximum Gasteiger partial charge on any atom is 0.186 e. The summed E-state index contributed by atoms with van der Waals surface area (Å²) < 4.78 is 27.2. The molecule has 0 spiro atoms. The van der Waals surface area contributed by atoms with E-state index in [1.807, 2.05) is 0 Å². The van der Waals surface area contributed by atoms with Gasteiger partial charge in [-0.15, -0.1) is 12.4 Å². The van der Waals surface area contributed by atoms with Crippen LogP contribution in [-0.2, 0) is 0 Å². The van der Waals surface area contributed by atoms with Crippen LogP contribution < -0.4 is 4.90 Å². The van der Waals surface area contributed by atoms with Crippen molar-refractivity contribution in [1.82, 2.24) is 4.98 Å². The molecule has 0 amide bonds. The number of fused-ring (bicyclic) bond motifs is 1. The third kappa shape index (κ3) is 2.42. The Labute approximate surface area is 114 Å². The highest BCUT2D eigenvalue weighted by molar-refractivity contribution is 7.22. The van der Waals surface area contributed by atoms with Crippen molar-refractivity contribution < 1.29 is 8.78 Å². The topological polar surface area (TPSA) is 16.1 Å².